The molecule has 6 nitrogen and oxygen atoms in total. The molecule has 0 aromatic heterocycles. The number of ether oxygens (including phenoxy) is 1. The third-order valence-electron chi connectivity index (χ3n) is 1.80. The van der Waals surface area contributed by atoms with E-state index in [9.17, 15) is 9.90 Å². The first-order valence-electron chi connectivity index (χ1n) is 3.51. The van der Waals surface area contributed by atoms with Gasteiger partial charge in [0, 0.05) is 0 Å². The highest BCUT2D eigenvalue weighted by Crippen LogP contribution is 2.17. The SMILES string of the molecule is NC1C(=O)OC(C(O)CO)C1O. The average molecular weight is 177 g/mol. The molecule has 0 amide bonds. The lowest BCUT2D eigenvalue weighted by molar-refractivity contribution is -0.148. The normalized spacial score (nSPS) is 38.0. The minimum atomic E-state index is -1.28. The van der Waals surface area contributed by atoms with Crippen LogP contribution in [0.3, 0.4) is 0 Å². The van der Waals surface area contributed by atoms with Gasteiger partial charge >= 0.3 is 5.97 Å². The first kappa shape index (κ1) is 9.40. The molecule has 0 radical (unpaired) electrons. The number of nitrogens with two attached hydrogens (primary N) is 1. The van der Waals surface area contributed by atoms with Gasteiger partial charge in [0.15, 0.2) is 6.10 Å². The van der Waals surface area contributed by atoms with Crippen molar-refractivity contribution in [3.8, 4) is 0 Å². The Balaban J connectivity index is 2.64. The van der Waals surface area contributed by atoms with E-state index in [1.807, 2.05) is 0 Å². The number of esters is 1. The van der Waals surface area contributed by atoms with Crippen LogP contribution in [0, 0.1) is 0 Å². The predicted octanol–water partition coefficient (Wildman–Crippen LogP) is -3.05. The van der Waals surface area contributed by atoms with Crippen LogP contribution in [-0.2, 0) is 9.53 Å². The quantitative estimate of drug-likeness (QED) is 0.333. The minimum Gasteiger partial charge on any atom is -0.455 e. The third kappa shape index (κ3) is 1.42. The van der Waals surface area contributed by atoms with Gasteiger partial charge in [-0.1, -0.05) is 0 Å². The van der Waals surface area contributed by atoms with E-state index < -0.39 is 36.9 Å². The second kappa shape index (κ2) is 3.36. The van der Waals surface area contributed by atoms with E-state index in [0.29, 0.717) is 0 Å². The van der Waals surface area contributed by atoms with Gasteiger partial charge in [-0.15, -0.1) is 0 Å². The molecule has 1 fully saturated rings. The fourth-order valence-electron chi connectivity index (χ4n) is 1.04. The van der Waals surface area contributed by atoms with Crippen molar-refractivity contribution in [1.82, 2.24) is 0 Å². The second-order valence-electron chi connectivity index (χ2n) is 2.67. The van der Waals surface area contributed by atoms with Gasteiger partial charge in [0.25, 0.3) is 0 Å². The lowest BCUT2D eigenvalue weighted by atomic mass is 10.1. The molecule has 0 aliphatic carbocycles. The smallest absolute Gasteiger partial charge is 0.326 e. The van der Waals surface area contributed by atoms with Crippen LogP contribution in [0.4, 0.5) is 0 Å². The molecule has 12 heavy (non-hydrogen) atoms. The molecular weight excluding hydrogens is 166 g/mol. The highest BCUT2D eigenvalue weighted by Gasteiger charge is 2.44. The number of carbonyl (C=O) groups excluding carboxylic acids is 1. The van der Waals surface area contributed by atoms with Crippen molar-refractivity contribution in [2.24, 2.45) is 5.73 Å². The Kier molecular flexibility index (Phi) is 2.63. The molecule has 1 heterocycles. The lowest BCUT2D eigenvalue weighted by Crippen LogP contribution is -2.43. The van der Waals surface area contributed by atoms with Gasteiger partial charge in [0.05, 0.1) is 6.61 Å². The fraction of sp³-hybridized carbons (Fsp3) is 0.833. The summed E-state index contributed by atoms with van der Waals surface area (Å²) >= 11 is 0. The summed E-state index contributed by atoms with van der Waals surface area (Å²) in [7, 11) is 0. The lowest BCUT2D eigenvalue weighted by Gasteiger charge is -2.17. The molecule has 0 bridgehead atoms. The van der Waals surface area contributed by atoms with Crippen molar-refractivity contribution in [2.45, 2.75) is 24.4 Å². The number of aliphatic hydroxyl groups excluding tert-OH is 3. The van der Waals surface area contributed by atoms with Crippen LogP contribution in [-0.4, -0.2) is 52.2 Å². The van der Waals surface area contributed by atoms with Gasteiger partial charge in [-0.25, -0.2) is 0 Å². The molecule has 4 atom stereocenters. The summed E-state index contributed by atoms with van der Waals surface area (Å²) in [4.78, 5) is 10.7. The van der Waals surface area contributed by atoms with Crippen LogP contribution in [0.1, 0.15) is 0 Å². The number of aliphatic hydroxyl groups is 3. The molecule has 1 aliphatic rings. The van der Waals surface area contributed by atoms with Crippen molar-refractivity contribution < 1.29 is 24.9 Å². The Bertz CT molecular complexity index is 185. The number of carbonyl (C=O) groups is 1. The van der Waals surface area contributed by atoms with Crippen LogP contribution in [0.5, 0.6) is 0 Å². The van der Waals surface area contributed by atoms with E-state index in [1.165, 1.54) is 0 Å². The molecule has 0 saturated carbocycles. The first-order chi connectivity index (χ1) is 5.57. The maximum atomic E-state index is 10.7. The number of rotatable bonds is 2. The van der Waals surface area contributed by atoms with Crippen molar-refractivity contribution >= 4 is 5.97 Å². The first-order valence-corrected chi connectivity index (χ1v) is 3.51. The van der Waals surface area contributed by atoms with E-state index in [1.54, 1.807) is 0 Å². The minimum absolute atomic E-state index is 0.582. The summed E-state index contributed by atoms with van der Waals surface area (Å²) in [5.41, 5.74) is 5.19. The highest BCUT2D eigenvalue weighted by molar-refractivity contribution is 5.78. The molecule has 1 aliphatic heterocycles. The van der Waals surface area contributed by atoms with Crippen molar-refractivity contribution in [1.29, 1.82) is 0 Å². The van der Waals surface area contributed by atoms with Crippen LogP contribution < -0.4 is 5.73 Å². The van der Waals surface area contributed by atoms with Crippen LogP contribution in [0.15, 0.2) is 0 Å². The summed E-state index contributed by atoms with van der Waals surface area (Å²) in [5, 5.41) is 26.7. The van der Waals surface area contributed by atoms with E-state index >= 15 is 0 Å². The highest BCUT2D eigenvalue weighted by atomic mass is 16.6. The number of cyclic esters (lactones) is 1. The molecular formula is C6H11NO5. The summed E-state index contributed by atoms with van der Waals surface area (Å²) in [5.74, 6) is -0.764. The Morgan fingerprint density at radius 3 is 2.58 bits per heavy atom. The van der Waals surface area contributed by atoms with Crippen molar-refractivity contribution in [3.63, 3.8) is 0 Å². The van der Waals surface area contributed by atoms with E-state index in [-0.39, 0.29) is 0 Å². The predicted molar refractivity (Wildman–Crippen MR) is 37.0 cm³/mol. The largest absolute Gasteiger partial charge is 0.455 e. The summed E-state index contributed by atoms with van der Waals surface area (Å²) in [6.07, 6.45) is -3.64. The van der Waals surface area contributed by atoms with Crippen molar-refractivity contribution in [3.05, 3.63) is 0 Å². The Morgan fingerprint density at radius 2 is 2.25 bits per heavy atom. The molecule has 0 spiro atoms. The second-order valence-corrected chi connectivity index (χ2v) is 2.67. The molecule has 6 heteroatoms. The van der Waals surface area contributed by atoms with Crippen LogP contribution in [0.25, 0.3) is 0 Å². The van der Waals surface area contributed by atoms with Gasteiger partial charge in [0.2, 0.25) is 0 Å². The van der Waals surface area contributed by atoms with Crippen LogP contribution >= 0.6 is 0 Å². The summed E-state index contributed by atoms with van der Waals surface area (Å²) in [6.45, 7) is -0.582. The molecule has 4 unspecified atom stereocenters. The molecule has 0 aromatic rings. The Morgan fingerprint density at radius 1 is 1.67 bits per heavy atom. The molecule has 5 N–H and O–H groups in total. The third-order valence-corrected chi connectivity index (χ3v) is 1.80. The zero-order valence-corrected chi connectivity index (χ0v) is 6.25. The standard InChI is InChI=1S/C6H11NO5/c7-3-4(10)5(2(9)1-8)12-6(3)11/h2-5,8-10H,1,7H2. The van der Waals surface area contributed by atoms with Gasteiger partial charge in [-0.3, -0.25) is 4.79 Å². The zero-order valence-electron chi connectivity index (χ0n) is 6.25. The average Bonchev–Trinajstić information content (AvgIpc) is 2.32. The van der Waals surface area contributed by atoms with Gasteiger partial charge in [0.1, 0.15) is 18.2 Å². The molecule has 1 rings (SSSR count). The van der Waals surface area contributed by atoms with Gasteiger partial charge in [-0.05, 0) is 0 Å². The fourth-order valence-corrected chi connectivity index (χ4v) is 1.04. The van der Waals surface area contributed by atoms with E-state index in [4.69, 9.17) is 15.9 Å². The van der Waals surface area contributed by atoms with Gasteiger partial charge < -0.3 is 25.8 Å². The molecule has 0 aromatic carbocycles. The maximum Gasteiger partial charge on any atom is 0.326 e. The topological polar surface area (TPSA) is 113 Å². The molecule has 70 valence electrons. The maximum absolute atomic E-state index is 10.7. The monoisotopic (exact) mass is 177 g/mol. The molecule has 1 saturated heterocycles. The number of hydrogen-bond donors (Lipinski definition) is 4. The summed E-state index contributed by atoms with van der Waals surface area (Å²) < 4.78 is 4.51. The van der Waals surface area contributed by atoms with Crippen molar-refractivity contribution in [2.75, 3.05) is 6.61 Å². The van der Waals surface area contributed by atoms with E-state index in [2.05, 4.69) is 4.74 Å². The van der Waals surface area contributed by atoms with Crippen LogP contribution in [0.2, 0.25) is 0 Å². The van der Waals surface area contributed by atoms with E-state index in [0.717, 1.165) is 0 Å². The number of hydrogen-bond acceptors (Lipinski definition) is 6. The Labute approximate surface area is 68.6 Å². The zero-order chi connectivity index (χ0) is 9.30. The van der Waals surface area contributed by atoms with Gasteiger partial charge in [-0.2, -0.15) is 0 Å². The summed E-state index contributed by atoms with van der Waals surface area (Å²) in [6, 6.07) is -1.13. The Hall–Kier alpha value is -0.690.